The summed E-state index contributed by atoms with van der Waals surface area (Å²) in [4.78, 5) is 25.8. The van der Waals surface area contributed by atoms with Gasteiger partial charge in [0.25, 0.3) is 0 Å². The molecule has 0 aliphatic heterocycles. The van der Waals surface area contributed by atoms with Crippen molar-refractivity contribution >= 4 is 18.0 Å². The number of unbranched alkanes of at least 4 members (excludes halogenated alkanes) is 2. The first-order valence-electron chi connectivity index (χ1n) is 8.18. The summed E-state index contributed by atoms with van der Waals surface area (Å²) in [6, 6.07) is 9.70. The number of carbonyl (C=O) groups is 2. The number of rotatable bonds is 9. The number of nitrogens with zero attached hydrogens (tertiary/aromatic N) is 1. The molecule has 0 aromatic heterocycles. The van der Waals surface area contributed by atoms with E-state index in [2.05, 4.69) is 6.92 Å². The highest BCUT2D eigenvalue weighted by molar-refractivity contribution is 5.92. The number of hydrogen-bond acceptors (Lipinski definition) is 3. The van der Waals surface area contributed by atoms with Crippen molar-refractivity contribution in [2.45, 2.75) is 33.1 Å². The van der Waals surface area contributed by atoms with Crippen molar-refractivity contribution in [3.8, 4) is 0 Å². The summed E-state index contributed by atoms with van der Waals surface area (Å²) in [7, 11) is 1.37. The Bertz CT molecular complexity index is 511. The monoisotopic (exact) mass is 317 g/mol. The van der Waals surface area contributed by atoms with Crippen LogP contribution in [0, 0.1) is 5.92 Å². The van der Waals surface area contributed by atoms with Crippen LogP contribution in [0.2, 0.25) is 0 Å². The van der Waals surface area contributed by atoms with Crippen LogP contribution in [0.3, 0.4) is 0 Å². The van der Waals surface area contributed by atoms with Crippen molar-refractivity contribution in [1.82, 2.24) is 4.90 Å². The Morgan fingerprint density at radius 3 is 2.52 bits per heavy atom. The second-order valence-corrected chi connectivity index (χ2v) is 5.66. The van der Waals surface area contributed by atoms with Crippen LogP contribution in [0.5, 0.6) is 0 Å². The maximum absolute atomic E-state index is 12.4. The van der Waals surface area contributed by atoms with Crippen LogP contribution in [0.15, 0.2) is 36.4 Å². The smallest absolute Gasteiger partial charge is 0.310 e. The number of benzene rings is 1. The van der Waals surface area contributed by atoms with Crippen molar-refractivity contribution in [3.63, 3.8) is 0 Å². The lowest BCUT2D eigenvalue weighted by Gasteiger charge is -2.24. The number of amides is 1. The number of esters is 1. The van der Waals surface area contributed by atoms with Gasteiger partial charge in [-0.1, -0.05) is 57.0 Å². The largest absolute Gasteiger partial charge is 0.469 e. The van der Waals surface area contributed by atoms with Crippen LogP contribution >= 0.6 is 0 Å². The lowest BCUT2D eigenvalue weighted by molar-refractivity contribution is -0.146. The molecule has 1 atom stereocenters. The Labute approximate surface area is 139 Å². The van der Waals surface area contributed by atoms with Gasteiger partial charge < -0.3 is 9.64 Å². The molecular weight excluding hydrogens is 290 g/mol. The van der Waals surface area contributed by atoms with Crippen molar-refractivity contribution in [3.05, 3.63) is 42.0 Å². The third-order valence-electron chi connectivity index (χ3n) is 3.66. The quantitative estimate of drug-likeness (QED) is 0.398. The molecule has 1 rings (SSSR count). The molecule has 0 spiro atoms. The summed E-state index contributed by atoms with van der Waals surface area (Å²) in [5, 5.41) is 0. The Kier molecular flexibility index (Phi) is 8.73. The van der Waals surface area contributed by atoms with Gasteiger partial charge in [-0.25, -0.2) is 0 Å². The van der Waals surface area contributed by atoms with Gasteiger partial charge in [-0.15, -0.1) is 0 Å². The molecule has 4 heteroatoms. The lowest BCUT2D eigenvalue weighted by atomic mass is 10.1. The average Bonchev–Trinajstić information content (AvgIpc) is 2.58. The summed E-state index contributed by atoms with van der Waals surface area (Å²) < 4.78 is 4.75. The van der Waals surface area contributed by atoms with Crippen LogP contribution in [0.25, 0.3) is 6.08 Å². The molecular formula is C19H27NO3. The van der Waals surface area contributed by atoms with Crippen LogP contribution in [-0.2, 0) is 14.3 Å². The molecule has 0 bridgehead atoms. The molecule has 1 aromatic carbocycles. The predicted molar refractivity (Wildman–Crippen MR) is 92.8 cm³/mol. The number of hydrogen-bond donors (Lipinski definition) is 0. The Morgan fingerprint density at radius 1 is 1.22 bits per heavy atom. The molecule has 4 nitrogen and oxygen atoms in total. The lowest BCUT2D eigenvalue weighted by Crippen LogP contribution is -2.37. The zero-order valence-electron chi connectivity index (χ0n) is 14.3. The van der Waals surface area contributed by atoms with E-state index in [0.717, 1.165) is 24.8 Å². The molecule has 0 saturated heterocycles. The normalized spacial score (nSPS) is 12.1. The molecule has 0 saturated carbocycles. The topological polar surface area (TPSA) is 46.6 Å². The minimum Gasteiger partial charge on any atom is -0.469 e. The van der Waals surface area contributed by atoms with E-state index in [4.69, 9.17) is 4.74 Å². The van der Waals surface area contributed by atoms with Crippen LogP contribution < -0.4 is 0 Å². The predicted octanol–water partition coefficient (Wildman–Crippen LogP) is 3.53. The van der Waals surface area contributed by atoms with E-state index in [0.29, 0.717) is 13.1 Å². The van der Waals surface area contributed by atoms with E-state index in [1.807, 2.05) is 30.3 Å². The maximum atomic E-state index is 12.4. The first-order chi connectivity index (χ1) is 11.1. The van der Waals surface area contributed by atoms with Crippen molar-refractivity contribution in [1.29, 1.82) is 0 Å². The summed E-state index contributed by atoms with van der Waals surface area (Å²) in [6.07, 6.45) is 6.48. The first kappa shape index (κ1) is 18.9. The zero-order chi connectivity index (χ0) is 17.1. The van der Waals surface area contributed by atoms with Crippen LogP contribution in [0.4, 0.5) is 0 Å². The molecule has 0 fully saturated rings. The number of methoxy groups -OCH3 is 1. The standard InChI is InChI=1S/C19H27NO3/c1-4-5-9-14-20(15-16(2)19(22)23-3)18(21)13-12-17-10-7-6-8-11-17/h6-8,10-13,16H,4-5,9,14-15H2,1-3H3/b13-12+. The van der Waals surface area contributed by atoms with E-state index in [1.54, 1.807) is 24.0 Å². The molecule has 23 heavy (non-hydrogen) atoms. The first-order valence-corrected chi connectivity index (χ1v) is 8.18. The van der Waals surface area contributed by atoms with E-state index in [9.17, 15) is 9.59 Å². The fourth-order valence-corrected chi connectivity index (χ4v) is 2.29. The summed E-state index contributed by atoms with van der Waals surface area (Å²) in [5.74, 6) is -0.679. The Balaban J connectivity index is 2.70. The second kappa shape index (κ2) is 10.6. The Morgan fingerprint density at radius 2 is 1.91 bits per heavy atom. The Hall–Kier alpha value is -2.10. The van der Waals surface area contributed by atoms with E-state index in [1.165, 1.54) is 7.11 Å². The van der Waals surface area contributed by atoms with E-state index in [-0.39, 0.29) is 17.8 Å². The number of carbonyl (C=O) groups excluding carboxylic acids is 2. The zero-order valence-corrected chi connectivity index (χ0v) is 14.3. The van der Waals surface area contributed by atoms with Gasteiger partial charge in [0, 0.05) is 19.2 Å². The van der Waals surface area contributed by atoms with Gasteiger partial charge in [0.15, 0.2) is 0 Å². The highest BCUT2D eigenvalue weighted by Crippen LogP contribution is 2.08. The van der Waals surface area contributed by atoms with Gasteiger partial charge in [0.05, 0.1) is 13.0 Å². The van der Waals surface area contributed by atoms with Crippen LogP contribution in [-0.4, -0.2) is 37.0 Å². The summed E-state index contributed by atoms with van der Waals surface area (Å²) in [6.45, 7) is 4.95. The molecule has 0 aliphatic carbocycles. The van der Waals surface area contributed by atoms with Gasteiger partial charge in [-0.2, -0.15) is 0 Å². The average molecular weight is 317 g/mol. The van der Waals surface area contributed by atoms with E-state index >= 15 is 0 Å². The molecule has 1 amide bonds. The van der Waals surface area contributed by atoms with Crippen molar-refractivity contribution in [2.24, 2.45) is 5.92 Å². The fourth-order valence-electron chi connectivity index (χ4n) is 2.29. The van der Waals surface area contributed by atoms with Gasteiger partial charge >= 0.3 is 5.97 Å². The third-order valence-corrected chi connectivity index (χ3v) is 3.66. The molecule has 1 unspecified atom stereocenters. The minimum absolute atomic E-state index is 0.0688. The summed E-state index contributed by atoms with van der Waals surface area (Å²) in [5.41, 5.74) is 0.982. The minimum atomic E-state index is -0.323. The molecule has 126 valence electrons. The molecule has 1 aromatic rings. The fraction of sp³-hybridized carbons (Fsp3) is 0.474. The highest BCUT2D eigenvalue weighted by Gasteiger charge is 2.19. The van der Waals surface area contributed by atoms with E-state index < -0.39 is 0 Å². The summed E-state index contributed by atoms with van der Waals surface area (Å²) >= 11 is 0. The SMILES string of the molecule is CCCCCN(CC(C)C(=O)OC)C(=O)/C=C/c1ccccc1. The second-order valence-electron chi connectivity index (χ2n) is 5.66. The third kappa shape index (κ3) is 7.13. The van der Waals surface area contributed by atoms with Gasteiger partial charge in [-0.05, 0) is 18.1 Å². The van der Waals surface area contributed by atoms with Crippen LogP contribution in [0.1, 0.15) is 38.7 Å². The van der Waals surface area contributed by atoms with Gasteiger partial charge in [0.1, 0.15) is 0 Å². The maximum Gasteiger partial charge on any atom is 0.310 e. The molecule has 0 aliphatic rings. The van der Waals surface area contributed by atoms with Gasteiger partial charge in [0.2, 0.25) is 5.91 Å². The van der Waals surface area contributed by atoms with Gasteiger partial charge in [-0.3, -0.25) is 9.59 Å². The molecule has 0 N–H and O–H groups in total. The van der Waals surface area contributed by atoms with Crippen molar-refractivity contribution in [2.75, 3.05) is 20.2 Å². The highest BCUT2D eigenvalue weighted by atomic mass is 16.5. The number of ether oxygens (including phenoxy) is 1. The molecule has 0 heterocycles. The van der Waals surface area contributed by atoms with Crippen molar-refractivity contribution < 1.29 is 14.3 Å². The molecule has 0 radical (unpaired) electrons.